The van der Waals surface area contributed by atoms with E-state index < -0.39 is 0 Å². The van der Waals surface area contributed by atoms with Crippen molar-refractivity contribution in [2.24, 2.45) is 0 Å². The van der Waals surface area contributed by atoms with Gasteiger partial charge in [0.25, 0.3) is 0 Å². The molecule has 0 saturated carbocycles. The summed E-state index contributed by atoms with van der Waals surface area (Å²) in [5.41, 5.74) is 7.31. The zero-order valence-corrected chi connectivity index (χ0v) is 14.8. The Labute approximate surface area is 150 Å². The second kappa shape index (κ2) is 7.03. The number of fused-ring (bicyclic) bond motifs is 1. The first-order valence-electron chi connectivity index (χ1n) is 8.45. The Morgan fingerprint density at radius 3 is 2.88 bits per heavy atom. The summed E-state index contributed by atoms with van der Waals surface area (Å²) in [6.45, 7) is 3.10. The number of hydrogen-bond acceptors (Lipinski definition) is 6. The SMILES string of the molecule is CC(NC(=O)C1CC(c2cccs2)NN1)c1ccc2c(c1)OCCO2. The Morgan fingerprint density at radius 2 is 2.08 bits per heavy atom. The van der Waals surface area contributed by atoms with E-state index in [9.17, 15) is 4.79 Å². The zero-order chi connectivity index (χ0) is 17.2. The molecule has 1 aromatic carbocycles. The van der Waals surface area contributed by atoms with Gasteiger partial charge in [0.05, 0.1) is 12.1 Å². The molecule has 4 rings (SSSR count). The molecule has 1 amide bonds. The van der Waals surface area contributed by atoms with Gasteiger partial charge in [-0.2, -0.15) is 0 Å². The number of amides is 1. The number of carbonyl (C=O) groups is 1. The molecule has 7 heteroatoms. The van der Waals surface area contributed by atoms with E-state index in [1.165, 1.54) is 4.88 Å². The fraction of sp³-hybridized carbons (Fsp3) is 0.389. The average Bonchev–Trinajstić information content (AvgIpc) is 3.32. The van der Waals surface area contributed by atoms with Gasteiger partial charge in [-0.15, -0.1) is 11.3 Å². The summed E-state index contributed by atoms with van der Waals surface area (Å²) in [7, 11) is 0. The first kappa shape index (κ1) is 16.4. The van der Waals surface area contributed by atoms with E-state index in [1.54, 1.807) is 11.3 Å². The van der Waals surface area contributed by atoms with Crippen molar-refractivity contribution in [3.05, 3.63) is 46.2 Å². The van der Waals surface area contributed by atoms with Crippen molar-refractivity contribution in [1.29, 1.82) is 0 Å². The molecule has 132 valence electrons. The lowest BCUT2D eigenvalue weighted by atomic mass is 10.1. The Morgan fingerprint density at radius 1 is 1.24 bits per heavy atom. The van der Waals surface area contributed by atoms with Crippen molar-refractivity contribution < 1.29 is 14.3 Å². The van der Waals surface area contributed by atoms with E-state index in [-0.39, 0.29) is 24.0 Å². The number of nitrogens with one attached hydrogen (secondary N) is 3. The van der Waals surface area contributed by atoms with Crippen LogP contribution < -0.4 is 25.6 Å². The molecule has 1 saturated heterocycles. The molecule has 0 bridgehead atoms. The summed E-state index contributed by atoms with van der Waals surface area (Å²) in [4.78, 5) is 13.8. The Balaban J connectivity index is 1.37. The van der Waals surface area contributed by atoms with Gasteiger partial charge in [0.1, 0.15) is 19.3 Å². The summed E-state index contributed by atoms with van der Waals surface area (Å²) < 4.78 is 11.2. The van der Waals surface area contributed by atoms with Crippen LogP contribution in [-0.4, -0.2) is 25.2 Å². The van der Waals surface area contributed by atoms with Gasteiger partial charge in [-0.05, 0) is 42.5 Å². The third-order valence-corrected chi connectivity index (χ3v) is 5.52. The van der Waals surface area contributed by atoms with Crippen LogP contribution in [-0.2, 0) is 4.79 Å². The standard InChI is InChI=1S/C18H21N3O3S/c1-11(12-4-5-15-16(9-12)24-7-6-23-15)19-18(22)14-10-13(20-21-14)17-3-2-8-25-17/h2-5,8-9,11,13-14,20-21H,6-7,10H2,1H3,(H,19,22). The monoisotopic (exact) mass is 359 g/mol. The first-order chi connectivity index (χ1) is 12.2. The molecule has 2 aliphatic heterocycles. The maximum absolute atomic E-state index is 12.6. The molecule has 0 radical (unpaired) electrons. The van der Waals surface area contributed by atoms with Crippen LogP contribution in [0, 0.1) is 0 Å². The third-order valence-electron chi connectivity index (χ3n) is 4.53. The van der Waals surface area contributed by atoms with Crippen LogP contribution in [0.4, 0.5) is 0 Å². The highest BCUT2D eigenvalue weighted by atomic mass is 32.1. The van der Waals surface area contributed by atoms with Gasteiger partial charge in [-0.1, -0.05) is 12.1 Å². The summed E-state index contributed by atoms with van der Waals surface area (Å²) in [5.74, 6) is 1.49. The Hall–Kier alpha value is -2.09. The van der Waals surface area contributed by atoms with Crippen molar-refractivity contribution in [2.75, 3.05) is 13.2 Å². The normalized spacial score (nSPS) is 23.2. The highest BCUT2D eigenvalue weighted by Gasteiger charge is 2.31. The predicted molar refractivity (Wildman–Crippen MR) is 95.7 cm³/mol. The highest BCUT2D eigenvalue weighted by Crippen LogP contribution is 2.32. The quantitative estimate of drug-likeness (QED) is 0.781. The van der Waals surface area contributed by atoms with Gasteiger partial charge in [-0.3, -0.25) is 4.79 Å². The van der Waals surface area contributed by atoms with E-state index in [0.717, 1.165) is 23.5 Å². The summed E-state index contributed by atoms with van der Waals surface area (Å²) in [5, 5.41) is 5.13. The number of ether oxygens (including phenoxy) is 2. The largest absolute Gasteiger partial charge is 0.486 e. The van der Waals surface area contributed by atoms with Crippen LogP contribution in [0.3, 0.4) is 0 Å². The van der Waals surface area contributed by atoms with E-state index >= 15 is 0 Å². The van der Waals surface area contributed by atoms with Gasteiger partial charge in [0.2, 0.25) is 5.91 Å². The van der Waals surface area contributed by atoms with E-state index in [1.807, 2.05) is 36.6 Å². The number of benzene rings is 1. The molecule has 3 N–H and O–H groups in total. The molecule has 3 atom stereocenters. The Kier molecular flexibility index (Phi) is 4.61. The van der Waals surface area contributed by atoms with Crippen molar-refractivity contribution >= 4 is 17.2 Å². The fourth-order valence-corrected chi connectivity index (χ4v) is 3.92. The van der Waals surface area contributed by atoms with Crippen LogP contribution >= 0.6 is 11.3 Å². The minimum atomic E-state index is -0.244. The summed E-state index contributed by atoms with van der Waals surface area (Å²) in [6, 6.07) is 9.75. The molecule has 2 aliphatic rings. The molecular formula is C18H21N3O3S. The molecular weight excluding hydrogens is 338 g/mol. The van der Waals surface area contributed by atoms with Crippen molar-refractivity contribution in [1.82, 2.24) is 16.2 Å². The Bertz CT molecular complexity index is 750. The number of carbonyl (C=O) groups excluding carboxylic acids is 1. The lowest BCUT2D eigenvalue weighted by Gasteiger charge is -2.22. The van der Waals surface area contributed by atoms with Gasteiger partial charge in [0.15, 0.2) is 11.5 Å². The summed E-state index contributed by atoms with van der Waals surface area (Å²) >= 11 is 1.70. The maximum atomic E-state index is 12.6. The van der Waals surface area contributed by atoms with Gasteiger partial charge in [-0.25, -0.2) is 10.9 Å². The van der Waals surface area contributed by atoms with Gasteiger partial charge < -0.3 is 14.8 Å². The lowest BCUT2D eigenvalue weighted by molar-refractivity contribution is -0.123. The second-order valence-electron chi connectivity index (χ2n) is 6.28. The van der Waals surface area contributed by atoms with E-state index in [2.05, 4.69) is 22.2 Å². The molecule has 25 heavy (non-hydrogen) atoms. The molecule has 0 aliphatic carbocycles. The molecule has 2 aromatic rings. The van der Waals surface area contributed by atoms with Crippen LogP contribution in [0.2, 0.25) is 0 Å². The number of hydrogen-bond donors (Lipinski definition) is 3. The average molecular weight is 359 g/mol. The fourth-order valence-electron chi connectivity index (χ4n) is 3.13. The second-order valence-corrected chi connectivity index (χ2v) is 7.26. The van der Waals surface area contributed by atoms with Gasteiger partial charge in [0, 0.05) is 4.88 Å². The minimum Gasteiger partial charge on any atom is -0.486 e. The lowest BCUT2D eigenvalue weighted by Crippen LogP contribution is -2.43. The molecule has 3 unspecified atom stereocenters. The smallest absolute Gasteiger partial charge is 0.239 e. The van der Waals surface area contributed by atoms with Crippen LogP contribution in [0.5, 0.6) is 11.5 Å². The van der Waals surface area contributed by atoms with Crippen LogP contribution in [0.25, 0.3) is 0 Å². The van der Waals surface area contributed by atoms with Gasteiger partial charge >= 0.3 is 0 Å². The number of thiophene rings is 1. The van der Waals surface area contributed by atoms with E-state index in [4.69, 9.17) is 9.47 Å². The zero-order valence-electron chi connectivity index (χ0n) is 14.0. The maximum Gasteiger partial charge on any atom is 0.239 e. The number of rotatable bonds is 4. The molecule has 3 heterocycles. The topological polar surface area (TPSA) is 71.6 Å². The number of hydrazine groups is 1. The predicted octanol–water partition coefficient (Wildman–Crippen LogP) is 2.30. The molecule has 6 nitrogen and oxygen atoms in total. The van der Waals surface area contributed by atoms with Crippen molar-refractivity contribution in [3.63, 3.8) is 0 Å². The third kappa shape index (κ3) is 3.49. The van der Waals surface area contributed by atoms with Crippen molar-refractivity contribution in [3.8, 4) is 11.5 Å². The molecule has 1 fully saturated rings. The van der Waals surface area contributed by atoms with Crippen molar-refractivity contribution in [2.45, 2.75) is 31.5 Å². The highest BCUT2D eigenvalue weighted by molar-refractivity contribution is 7.10. The van der Waals surface area contributed by atoms with E-state index in [0.29, 0.717) is 13.2 Å². The molecule has 1 aromatic heterocycles. The van der Waals surface area contributed by atoms with Crippen LogP contribution in [0.15, 0.2) is 35.7 Å². The van der Waals surface area contributed by atoms with Crippen LogP contribution in [0.1, 0.15) is 35.9 Å². The summed E-state index contributed by atoms with van der Waals surface area (Å²) in [6.07, 6.45) is 0.736. The molecule has 0 spiro atoms. The minimum absolute atomic E-state index is 0.00561. The first-order valence-corrected chi connectivity index (χ1v) is 9.33.